The molecule has 0 atom stereocenters. The second-order valence-electron chi connectivity index (χ2n) is 4.88. The van der Waals surface area contributed by atoms with Gasteiger partial charge < -0.3 is 15.6 Å². The van der Waals surface area contributed by atoms with Crippen LogP contribution < -0.4 is 10.5 Å². The number of nitrogens with zero attached hydrogens (tertiary/aromatic N) is 1. The van der Waals surface area contributed by atoms with E-state index in [1.807, 2.05) is 18.2 Å². The number of hydrogen-bond donors (Lipinski definition) is 2. The molecule has 0 saturated heterocycles. The van der Waals surface area contributed by atoms with E-state index in [0.29, 0.717) is 13.1 Å². The number of ether oxygens (including phenoxy) is 1. The fourth-order valence-electron chi connectivity index (χ4n) is 2.13. The van der Waals surface area contributed by atoms with Gasteiger partial charge in [0.1, 0.15) is 5.75 Å². The molecule has 1 rings (SSSR count). The number of unbranched alkanes of at least 4 members (excludes halogenated alkanes) is 1. The maximum atomic E-state index is 9.21. The lowest BCUT2D eigenvalue weighted by Gasteiger charge is -2.22. The molecule has 116 valence electrons. The van der Waals surface area contributed by atoms with Crippen LogP contribution in [0, 0.1) is 11.8 Å². The summed E-state index contributed by atoms with van der Waals surface area (Å²) in [5.74, 6) is 6.83. The van der Waals surface area contributed by atoms with E-state index >= 15 is 0 Å². The summed E-state index contributed by atoms with van der Waals surface area (Å²) in [7, 11) is 1.66. The van der Waals surface area contributed by atoms with Crippen molar-refractivity contribution in [1.82, 2.24) is 4.90 Å². The predicted molar refractivity (Wildman–Crippen MR) is 86.2 cm³/mol. The summed E-state index contributed by atoms with van der Waals surface area (Å²) in [6.45, 7) is 5.07. The standard InChI is InChI=1S/C17H26N2O2/c1-3-4-10-19(11-12-20)14-16-13-17(21-2)8-7-15(16)6-5-9-18/h7-8,13,20H,3-4,9-12,14,18H2,1-2H3. The summed E-state index contributed by atoms with van der Waals surface area (Å²) < 4.78 is 5.30. The fourth-order valence-corrected chi connectivity index (χ4v) is 2.13. The van der Waals surface area contributed by atoms with E-state index in [0.717, 1.165) is 42.8 Å². The fraction of sp³-hybridized carbons (Fsp3) is 0.529. The summed E-state index contributed by atoms with van der Waals surface area (Å²) in [6.07, 6.45) is 2.26. The minimum absolute atomic E-state index is 0.164. The first-order chi connectivity index (χ1) is 10.2. The maximum absolute atomic E-state index is 9.21. The third-order valence-electron chi connectivity index (χ3n) is 3.28. The topological polar surface area (TPSA) is 58.7 Å². The number of benzene rings is 1. The molecule has 0 spiro atoms. The monoisotopic (exact) mass is 290 g/mol. The second kappa shape index (κ2) is 10.2. The Morgan fingerprint density at radius 2 is 2.14 bits per heavy atom. The lowest BCUT2D eigenvalue weighted by atomic mass is 10.1. The minimum Gasteiger partial charge on any atom is -0.497 e. The summed E-state index contributed by atoms with van der Waals surface area (Å²) in [5.41, 5.74) is 7.54. The molecule has 0 heterocycles. The van der Waals surface area contributed by atoms with Crippen LogP contribution in [-0.4, -0.2) is 43.4 Å². The van der Waals surface area contributed by atoms with Gasteiger partial charge in [0.2, 0.25) is 0 Å². The zero-order valence-corrected chi connectivity index (χ0v) is 13.1. The van der Waals surface area contributed by atoms with Crippen molar-refractivity contribution < 1.29 is 9.84 Å². The molecule has 0 saturated carbocycles. The lowest BCUT2D eigenvalue weighted by Crippen LogP contribution is -2.28. The highest BCUT2D eigenvalue weighted by Gasteiger charge is 2.09. The van der Waals surface area contributed by atoms with E-state index in [1.54, 1.807) is 7.11 Å². The van der Waals surface area contributed by atoms with Crippen molar-refractivity contribution in [2.24, 2.45) is 5.73 Å². The van der Waals surface area contributed by atoms with Gasteiger partial charge >= 0.3 is 0 Å². The summed E-state index contributed by atoms with van der Waals surface area (Å²) in [6, 6.07) is 5.89. The first-order valence-electron chi connectivity index (χ1n) is 7.44. The van der Waals surface area contributed by atoms with Crippen LogP contribution in [0.3, 0.4) is 0 Å². The van der Waals surface area contributed by atoms with E-state index in [9.17, 15) is 5.11 Å². The molecule has 0 bridgehead atoms. The SMILES string of the molecule is CCCCN(CCO)Cc1cc(OC)ccc1C#CCN. The number of aliphatic hydroxyl groups is 1. The van der Waals surface area contributed by atoms with Crippen LogP contribution in [0.1, 0.15) is 30.9 Å². The Bertz CT molecular complexity index is 477. The van der Waals surface area contributed by atoms with Gasteiger partial charge in [-0.05, 0) is 36.7 Å². The van der Waals surface area contributed by atoms with Gasteiger partial charge in [-0.1, -0.05) is 25.2 Å². The van der Waals surface area contributed by atoms with E-state index in [1.165, 1.54) is 0 Å². The molecule has 1 aromatic rings. The summed E-state index contributed by atoms with van der Waals surface area (Å²) in [5, 5.41) is 9.21. The average Bonchev–Trinajstić information content (AvgIpc) is 2.51. The molecule has 0 aliphatic heterocycles. The molecule has 21 heavy (non-hydrogen) atoms. The van der Waals surface area contributed by atoms with Crippen molar-refractivity contribution in [1.29, 1.82) is 0 Å². The first-order valence-corrected chi connectivity index (χ1v) is 7.44. The molecular formula is C17H26N2O2. The number of methoxy groups -OCH3 is 1. The molecule has 4 heteroatoms. The van der Waals surface area contributed by atoms with E-state index < -0.39 is 0 Å². The van der Waals surface area contributed by atoms with Crippen LogP contribution in [0.5, 0.6) is 5.75 Å². The molecule has 0 aromatic heterocycles. The molecule has 1 aromatic carbocycles. The third-order valence-corrected chi connectivity index (χ3v) is 3.28. The van der Waals surface area contributed by atoms with Gasteiger partial charge in [0.15, 0.2) is 0 Å². The molecule has 0 radical (unpaired) electrons. The number of rotatable bonds is 8. The smallest absolute Gasteiger partial charge is 0.119 e. The highest BCUT2D eigenvalue weighted by molar-refractivity contribution is 5.45. The summed E-state index contributed by atoms with van der Waals surface area (Å²) >= 11 is 0. The van der Waals surface area contributed by atoms with Crippen molar-refractivity contribution in [2.75, 3.05) is 33.4 Å². The van der Waals surface area contributed by atoms with Gasteiger partial charge in [0.25, 0.3) is 0 Å². The van der Waals surface area contributed by atoms with Gasteiger partial charge in [-0.2, -0.15) is 0 Å². The van der Waals surface area contributed by atoms with Crippen LogP contribution in [0.15, 0.2) is 18.2 Å². The van der Waals surface area contributed by atoms with Crippen molar-refractivity contribution in [2.45, 2.75) is 26.3 Å². The normalized spacial score (nSPS) is 10.3. The highest BCUT2D eigenvalue weighted by atomic mass is 16.5. The van der Waals surface area contributed by atoms with Gasteiger partial charge in [-0.25, -0.2) is 0 Å². The van der Waals surface area contributed by atoms with Gasteiger partial charge in [0, 0.05) is 18.7 Å². The maximum Gasteiger partial charge on any atom is 0.119 e. The van der Waals surface area contributed by atoms with E-state index in [2.05, 4.69) is 23.7 Å². The average molecular weight is 290 g/mol. The van der Waals surface area contributed by atoms with Gasteiger partial charge in [-0.3, -0.25) is 4.90 Å². The largest absolute Gasteiger partial charge is 0.497 e. The Morgan fingerprint density at radius 3 is 2.76 bits per heavy atom. The highest BCUT2D eigenvalue weighted by Crippen LogP contribution is 2.19. The van der Waals surface area contributed by atoms with Gasteiger partial charge in [-0.15, -0.1) is 0 Å². The number of nitrogens with two attached hydrogens (primary N) is 1. The van der Waals surface area contributed by atoms with Crippen molar-refractivity contribution in [3.63, 3.8) is 0 Å². The van der Waals surface area contributed by atoms with Crippen LogP contribution in [-0.2, 0) is 6.54 Å². The Balaban J connectivity index is 2.94. The Morgan fingerprint density at radius 1 is 1.33 bits per heavy atom. The van der Waals surface area contributed by atoms with E-state index in [-0.39, 0.29) is 6.61 Å². The van der Waals surface area contributed by atoms with Crippen LogP contribution >= 0.6 is 0 Å². The Labute approximate surface area is 127 Å². The molecule has 0 aliphatic rings. The number of hydrogen-bond acceptors (Lipinski definition) is 4. The molecule has 3 N–H and O–H groups in total. The quantitative estimate of drug-likeness (QED) is 0.714. The Kier molecular flexibility index (Phi) is 8.53. The molecule has 0 unspecified atom stereocenters. The molecule has 0 amide bonds. The molecule has 4 nitrogen and oxygen atoms in total. The van der Waals surface area contributed by atoms with Crippen LogP contribution in [0.4, 0.5) is 0 Å². The van der Waals surface area contributed by atoms with Crippen LogP contribution in [0.25, 0.3) is 0 Å². The lowest BCUT2D eigenvalue weighted by molar-refractivity contribution is 0.188. The molecule has 0 aliphatic carbocycles. The predicted octanol–water partition coefficient (Wildman–Crippen LogP) is 1.60. The molecule has 0 fully saturated rings. The molecular weight excluding hydrogens is 264 g/mol. The minimum atomic E-state index is 0.164. The Hall–Kier alpha value is -1.54. The van der Waals surface area contributed by atoms with E-state index in [4.69, 9.17) is 10.5 Å². The van der Waals surface area contributed by atoms with Crippen molar-refractivity contribution in [3.05, 3.63) is 29.3 Å². The zero-order chi connectivity index (χ0) is 15.5. The van der Waals surface area contributed by atoms with Crippen LogP contribution in [0.2, 0.25) is 0 Å². The zero-order valence-electron chi connectivity index (χ0n) is 13.1. The van der Waals surface area contributed by atoms with Crippen molar-refractivity contribution in [3.8, 4) is 17.6 Å². The second-order valence-corrected chi connectivity index (χ2v) is 4.88. The van der Waals surface area contributed by atoms with Gasteiger partial charge in [0.05, 0.1) is 20.3 Å². The third kappa shape index (κ3) is 6.17. The first kappa shape index (κ1) is 17.5. The number of aliphatic hydroxyl groups excluding tert-OH is 1. The van der Waals surface area contributed by atoms with Crippen molar-refractivity contribution >= 4 is 0 Å². The summed E-state index contributed by atoms with van der Waals surface area (Å²) in [4.78, 5) is 2.24.